The van der Waals surface area contributed by atoms with Crippen LogP contribution < -0.4 is 16.4 Å². The third-order valence-electron chi connectivity index (χ3n) is 2.69. The van der Waals surface area contributed by atoms with Crippen LogP contribution in [0.15, 0.2) is 30.3 Å². The fourth-order valence-corrected chi connectivity index (χ4v) is 1.50. The van der Waals surface area contributed by atoms with Crippen molar-refractivity contribution in [1.29, 1.82) is 0 Å². The maximum Gasteiger partial charge on any atom is 0.241 e. The van der Waals surface area contributed by atoms with Crippen molar-refractivity contribution in [3.63, 3.8) is 0 Å². The summed E-state index contributed by atoms with van der Waals surface area (Å²) in [5.41, 5.74) is 6.60. The summed E-state index contributed by atoms with van der Waals surface area (Å²) < 4.78 is 0. The summed E-state index contributed by atoms with van der Waals surface area (Å²) in [6.07, 6.45) is 0. The third-order valence-corrected chi connectivity index (χ3v) is 2.69. The molecule has 0 unspecified atom stereocenters. The molecule has 1 atom stereocenters. The van der Waals surface area contributed by atoms with Gasteiger partial charge in [0.1, 0.15) is 6.04 Å². The van der Waals surface area contributed by atoms with Gasteiger partial charge in [0, 0.05) is 19.0 Å². The lowest BCUT2D eigenvalue weighted by atomic mass is 10.1. The second kappa shape index (κ2) is 7.53. The molecule has 1 aromatic carbocycles. The van der Waals surface area contributed by atoms with Crippen molar-refractivity contribution >= 4 is 11.8 Å². The normalized spacial score (nSPS) is 12.0. The molecule has 1 rings (SSSR count). The number of carbonyl (C=O) groups is 2. The van der Waals surface area contributed by atoms with E-state index in [-0.39, 0.29) is 17.7 Å². The van der Waals surface area contributed by atoms with E-state index in [9.17, 15) is 9.59 Å². The van der Waals surface area contributed by atoms with E-state index in [1.807, 2.05) is 44.2 Å². The molecule has 0 aromatic heterocycles. The van der Waals surface area contributed by atoms with Gasteiger partial charge < -0.3 is 16.4 Å². The first-order valence-electron chi connectivity index (χ1n) is 6.38. The Morgan fingerprint density at radius 2 is 1.58 bits per heavy atom. The van der Waals surface area contributed by atoms with Crippen LogP contribution in [0.3, 0.4) is 0 Å². The summed E-state index contributed by atoms with van der Waals surface area (Å²) in [5.74, 6) is -0.325. The second-order valence-electron chi connectivity index (χ2n) is 4.63. The van der Waals surface area contributed by atoms with Gasteiger partial charge in [0.2, 0.25) is 11.8 Å². The molecule has 5 nitrogen and oxygen atoms in total. The van der Waals surface area contributed by atoms with Gasteiger partial charge in [0.25, 0.3) is 0 Å². The molecule has 0 radical (unpaired) electrons. The second-order valence-corrected chi connectivity index (χ2v) is 4.63. The summed E-state index contributed by atoms with van der Waals surface area (Å²) in [6.45, 7) is 4.42. The highest BCUT2D eigenvalue weighted by molar-refractivity contribution is 5.83. The lowest BCUT2D eigenvalue weighted by Gasteiger charge is -2.13. The van der Waals surface area contributed by atoms with Crippen LogP contribution in [0, 0.1) is 5.92 Å². The Labute approximate surface area is 113 Å². The molecule has 5 heteroatoms. The molecule has 0 fully saturated rings. The van der Waals surface area contributed by atoms with Gasteiger partial charge in [0.05, 0.1) is 0 Å². The zero-order valence-corrected chi connectivity index (χ0v) is 11.3. The smallest absolute Gasteiger partial charge is 0.241 e. The minimum atomic E-state index is -0.679. The van der Waals surface area contributed by atoms with Crippen LogP contribution in [0.5, 0.6) is 0 Å². The van der Waals surface area contributed by atoms with Gasteiger partial charge in [0.15, 0.2) is 0 Å². The highest BCUT2D eigenvalue weighted by Crippen LogP contribution is 2.08. The van der Waals surface area contributed by atoms with Crippen LogP contribution in [-0.4, -0.2) is 24.9 Å². The number of benzene rings is 1. The van der Waals surface area contributed by atoms with Crippen molar-refractivity contribution in [3.05, 3.63) is 35.9 Å². The van der Waals surface area contributed by atoms with Crippen LogP contribution in [0.4, 0.5) is 0 Å². The van der Waals surface area contributed by atoms with Crippen LogP contribution in [0.2, 0.25) is 0 Å². The number of rotatable bonds is 6. The van der Waals surface area contributed by atoms with E-state index >= 15 is 0 Å². The summed E-state index contributed by atoms with van der Waals surface area (Å²) in [6, 6.07) is 8.49. The van der Waals surface area contributed by atoms with Gasteiger partial charge in [-0.3, -0.25) is 9.59 Å². The average molecular weight is 263 g/mol. The van der Waals surface area contributed by atoms with Gasteiger partial charge in [-0.05, 0) is 5.56 Å². The van der Waals surface area contributed by atoms with E-state index in [4.69, 9.17) is 5.73 Å². The topological polar surface area (TPSA) is 84.2 Å². The number of nitrogens with two attached hydrogens (primary N) is 1. The fourth-order valence-electron chi connectivity index (χ4n) is 1.50. The van der Waals surface area contributed by atoms with E-state index in [0.717, 1.165) is 5.56 Å². The van der Waals surface area contributed by atoms with Gasteiger partial charge >= 0.3 is 0 Å². The standard InChI is InChI=1S/C14H21N3O2/c1-10(2)13(18)16-8-9-17-14(19)12(15)11-6-4-3-5-7-11/h3-7,10,12H,8-9,15H2,1-2H3,(H,16,18)(H,17,19)/t12-/m0/s1. The zero-order chi connectivity index (χ0) is 14.3. The Morgan fingerprint density at radius 1 is 1.05 bits per heavy atom. The molecule has 0 saturated carbocycles. The van der Waals surface area contributed by atoms with E-state index in [0.29, 0.717) is 13.1 Å². The average Bonchev–Trinajstić information content (AvgIpc) is 2.43. The molecule has 2 amide bonds. The lowest BCUT2D eigenvalue weighted by Crippen LogP contribution is -2.40. The van der Waals surface area contributed by atoms with E-state index in [2.05, 4.69) is 10.6 Å². The first kappa shape index (κ1) is 15.2. The molecular formula is C14H21N3O2. The highest BCUT2D eigenvalue weighted by atomic mass is 16.2. The Kier molecular flexibility index (Phi) is 6.02. The Balaban J connectivity index is 2.30. The molecule has 0 aliphatic carbocycles. The van der Waals surface area contributed by atoms with Gasteiger partial charge in [-0.25, -0.2) is 0 Å². The van der Waals surface area contributed by atoms with Crippen molar-refractivity contribution in [2.75, 3.05) is 13.1 Å². The molecule has 0 bridgehead atoms. The quantitative estimate of drug-likeness (QED) is 0.656. The Bertz CT molecular complexity index is 418. The maximum absolute atomic E-state index is 11.8. The van der Waals surface area contributed by atoms with Crippen molar-refractivity contribution < 1.29 is 9.59 Å². The van der Waals surface area contributed by atoms with Gasteiger partial charge in [-0.2, -0.15) is 0 Å². The SMILES string of the molecule is CC(C)C(=O)NCCNC(=O)[C@@H](N)c1ccccc1. The Hall–Kier alpha value is -1.88. The van der Waals surface area contributed by atoms with Gasteiger partial charge in [-0.15, -0.1) is 0 Å². The van der Waals surface area contributed by atoms with Crippen molar-refractivity contribution in [2.24, 2.45) is 11.7 Å². The largest absolute Gasteiger partial charge is 0.354 e. The summed E-state index contributed by atoms with van der Waals surface area (Å²) >= 11 is 0. The summed E-state index contributed by atoms with van der Waals surface area (Å²) in [5, 5.41) is 5.42. The molecule has 1 aromatic rings. The Morgan fingerprint density at radius 3 is 2.11 bits per heavy atom. The number of hydrogen-bond acceptors (Lipinski definition) is 3. The van der Waals surface area contributed by atoms with Crippen LogP contribution in [0.1, 0.15) is 25.5 Å². The third kappa shape index (κ3) is 5.09. The minimum Gasteiger partial charge on any atom is -0.354 e. The van der Waals surface area contributed by atoms with Gasteiger partial charge in [-0.1, -0.05) is 44.2 Å². The van der Waals surface area contributed by atoms with E-state index in [1.54, 1.807) is 0 Å². The monoisotopic (exact) mass is 263 g/mol. The summed E-state index contributed by atoms with van der Waals surface area (Å²) in [7, 11) is 0. The molecule has 0 saturated heterocycles. The molecule has 19 heavy (non-hydrogen) atoms. The first-order valence-corrected chi connectivity index (χ1v) is 6.38. The number of hydrogen-bond donors (Lipinski definition) is 3. The number of carbonyl (C=O) groups excluding carboxylic acids is 2. The predicted octanol–water partition coefficient (Wildman–Crippen LogP) is 0.575. The lowest BCUT2D eigenvalue weighted by molar-refractivity contribution is -0.125. The zero-order valence-electron chi connectivity index (χ0n) is 11.3. The molecule has 0 aliphatic rings. The number of nitrogens with one attached hydrogen (secondary N) is 2. The van der Waals surface area contributed by atoms with Crippen molar-refractivity contribution in [1.82, 2.24) is 10.6 Å². The molecule has 0 heterocycles. The van der Waals surface area contributed by atoms with E-state index in [1.165, 1.54) is 0 Å². The van der Waals surface area contributed by atoms with Crippen LogP contribution in [0.25, 0.3) is 0 Å². The van der Waals surface area contributed by atoms with Crippen molar-refractivity contribution in [3.8, 4) is 0 Å². The van der Waals surface area contributed by atoms with Crippen molar-refractivity contribution in [2.45, 2.75) is 19.9 Å². The highest BCUT2D eigenvalue weighted by Gasteiger charge is 2.14. The van der Waals surface area contributed by atoms with Crippen LogP contribution >= 0.6 is 0 Å². The number of amides is 2. The molecule has 104 valence electrons. The summed E-state index contributed by atoms with van der Waals surface area (Å²) in [4.78, 5) is 23.1. The van der Waals surface area contributed by atoms with E-state index < -0.39 is 6.04 Å². The first-order chi connectivity index (χ1) is 9.02. The molecule has 0 aliphatic heterocycles. The predicted molar refractivity (Wildman–Crippen MR) is 74.2 cm³/mol. The van der Waals surface area contributed by atoms with Crippen LogP contribution in [-0.2, 0) is 9.59 Å². The molecular weight excluding hydrogens is 242 g/mol. The fraction of sp³-hybridized carbons (Fsp3) is 0.429. The minimum absolute atomic E-state index is 0.0263. The molecule has 4 N–H and O–H groups in total. The molecule has 0 spiro atoms. The maximum atomic E-state index is 11.8.